The Bertz CT molecular complexity index is 417. The second-order valence-corrected chi connectivity index (χ2v) is 5.61. The molecular weight excluding hydrogens is 228 g/mol. The monoisotopic (exact) mass is 250 g/mol. The highest BCUT2D eigenvalue weighted by molar-refractivity contribution is 5.02. The molecule has 18 heavy (non-hydrogen) atoms. The molecule has 1 saturated heterocycles. The summed E-state index contributed by atoms with van der Waals surface area (Å²) in [5.41, 5.74) is 0. The van der Waals surface area contributed by atoms with Crippen LogP contribution in [0.5, 0.6) is 0 Å². The van der Waals surface area contributed by atoms with E-state index < -0.39 is 6.23 Å². The molecule has 2 atom stereocenters. The van der Waals surface area contributed by atoms with Gasteiger partial charge in [-0.1, -0.05) is 6.42 Å². The van der Waals surface area contributed by atoms with Crippen molar-refractivity contribution >= 4 is 0 Å². The lowest BCUT2D eigenvalue weighted by Gasteiger charge is -2.32. The second-order valence-electron chi connectivity index (χ2n) is 5.61. The fourth-order valence-corrected chi connectivity index (χ4v) is 3.20. The Kier molecular flexibility index (Phi) is 3.35. The zero-order valence-corrected chi connectivity index (χ0v) is 11.0. The molecule has 0 saturated carbocycles. The maximum absolute atomic E-state index is 10.1. The Morgan fingerprint density at radius 1 is 1.22 bits per heavy atom. The van der Waals surface area contributed by atoms with Gasteiger partial charge >= 0.3 is 0 Å². The standard InChI is InChI=1S/C13H22N4O/c1-16-8-3-2-5-10(16)9-12-15-14-11-6-4-7-13(18)17(11)12/h10,13,18H,2-9H2,1H3. The van der Waals surface area contributed by atoms with Gasteiger partial charge in [0.1, 0.15) is 17.9 Å². The second kappa shape index (κ2) is 4.97. The van der Waals surface area contributed by atoms with Crippen LogP contribution in [0.4, 0.5) is 0 Å². The van der Waals surface area contributed by atoms with Crippen molar-refractivity contribution in [1.82, 2.24) is 19.7 Å². The van der Waals surface area contributed by atoms with Crippen LogP contribution in [0.3, 0.4) is 0 Å². The van der Waals surface area contributed by atoms with Gasteiger partial charge in [0.05, 0.1) is 0 Å². The van der Waals surface area contributed by atoms with E-state index in [1.807, 2.05) is 4.57 Å². The van der Waals surface area contributed by atoms with E-state index in [9.17, 15) is 5.11 Å². The molecule has 0 aliphatic carbocycles. The summed E-state index contributed by atoms with van der Waals surface area (Å²) >= 11 is 0. The highest BCUT2D eigenvalue weighted by atomic mass is 16.3. The van der Waals surface area contributed by atoms with Crippen LogP contribution >= 0.6 is 0 Å². The third-order valence-corrected chi connectivity index (χ3v) is 4.34. The van der Waals surface area contributed by atoms with Crippen LogP contribution < -0.4 is 0 Å². The van der Waals surface area contributed by atoms with Crippen molar-refractivity contribution in [2.45, 2.75) is 57.2 Å². The number of fused-ring (bicyclic) bond motifs is 1. The third-order valence-electron chi connectivity index (χ3n) is 4.34. The Hall–Kier alpha value is -0.940. The predicted octanol–water partition coefficient (Wildman–Crippen LogP) is 1.13. The van der Waals surface area contributed by atoms with Gasteiger partial charge in [-0.15, -0.1) is 10.2 Å². The van der Waals surface area contributed by atoms with E-state index in [2.05, 4.69) is 22.1 Å². The molecule has 2 aliphatic rings. The lowest BCUT2D eigenvalue weighted by atomic mass is 9.99. The van der Waals surface area contributed by atoms with Crippen molar-refractivity contribution in [3.8, 4) is 0 Å². The summed E-state index contributed by atoms with van der Waals surface area (Å²) in [5, 5.41) is 18.6. The van der Waals surface area contributed by atoms with E-state index >= 15 is 0 Å². The average molecular weight is 250 g/mol. The first-order chi connectivity index (χ1) is 8.75. The molecule has 0 aromatic carbocycles. The molecule has 2 unspecified atom stereocenters. The molecule has 0 amide bonds. The Balaban J connectivity index is 1.78. The van der Waals surface area contributed by atoms with Gasteiger partial charge in [0.15, 0.2) is 0 Å². The number of aliphatic hydroxyl groups excluding tert-OH is 1. The van der Waals surface area contributed by atoms with Crippen molar-refractivity contribution in [2.24, 2.45) is 0 Å². The molecule has 5 heteroatoms. The fourth-order valence-electron chi connectivity index (χ4n) is 3.20. The third kappa shape index (κ3) is 2.17. The van der Waals surface area contributed by atoms with E-state index in [0.717, 1.165) is 37.3 Å². The van der Waals surface area contributed by atoms with Crippen molar-refractivity contribution < 1.29 is 5.11 Å². The van der Waals surface area contributed by atoms with E-state index in [4.69, 9.17) is 0 Å². The molecule has 2 aliphatic heterocycles. The molecule has 3 heterocycles. The highest BCUT2D eigenvalue weighted by Gasteiger charge is 2.26. The number of aryl methyl sites for hydroxylation is 1. The minimum atomic E-state index is -0.410. The van der Waals surface area contributed by atoms with E-state index in [0.29, 0.717) is 6.04 Å². The largest absolute Gasteiger partial charge is 0.373 e. The van der Waals surface area contributed by atoms with E-state index in [-0.39, 0.29) is 0 Å². The fraction of sp³-hybridized carbons (Fsp3) is 0.846. The molecular formula is C13H22N4O. The first kappa shape index (κ1) is 12.1. The molecule has 3 rings (SSSR count). The number of rotatable bonds is 2. The lowest BCUT2D eigenvalue weighted by Crippen LogP contribution is -2.38. The van der Waals surface area contributed by atoms with Gasteiger partial charge in [0, 0.05) is 18.9 Å². The van der Waals surface area contributed by atoms with Gasteiger partial charge in [0.2, 0.25) is 0 Å². The number of nitrogens with zero attached hydrogens (tertiary/aromatic N) is 4. The molecule has 0 spiro atoms. The van der Waals surface area contributed by atoms with Crippen LogP contribution in [0, 0.1) is 0 Å². The van der Waals surface area contributed by atoms with E-state index in [1.54, 1.807) is 0 Å². The maximum Gasteiger partial charge on any atom is 0.136 e. The van der Waals surface area contributed by atoms with Crippen LogP contribution in [-0.2, 0) is 12.8 Å². The van der Waals surface area contributed by atoms with Crippen LogP contribution in [-0.4, -0.2) is 44.4 Å². The van der Waals surface area contributed by atoms with Crippen molar-refractivity contribution in [1.29, 1.82) is 0 Å². The molecule has 5 nitrogen and oxygen atoms in total. The zero-order chi connectivity index (χ0) is 12.5. The summed E-state index contributed by atoms with van der Waals surface area (Å²) < 4.78 is 1.96. The summed E-state index contributed by atoms with van der Waals surface area (Å²) in [4.78, 5) is 2.42. The molecule has 1 aromatic heterocycles. The molecule has 100 valence electrons. The lowest BCUT2D eigenvalue weighted by molar-refractivity contribution is 0.0727. The summed E-state index contributed by atoms with van der Waals surface area (Å²) in [6, 6.07) is 0.557. The molecule has 1 aromatic rings. The number of likely N-dealkylation sites (tertiary alicyclic amines) is 1. The zero-order valence-electron chi connectivity index (χ0n) is 11.0. The predicted molar refractivity (Wildman–Crippen MR) is 68.2 cm³/mol. The average Bonchev–Trinajstić information content (AvgIpc) is 2.77. The van der Waals surface area contributed by atoms with Gasteiger partial charge in [-0.25, -0.2) is 0 Å². The molecule has 0 bridgehead atoms. The Morgan fingerprint density at radius 3 is 2.94 bits per heavy atom. The normalized spacial score (nSPS) is 29.2. The summed E-state index contributed by atoms with van der Waals surface area (Å²) in [6.07, 6.45) is 7.14. The first-order valence-electron chi connectivity index (χ1n) is 7.06. The van der Waals surface area contributed by atoms with Crippen LogP contribution in [0.1, 0.15) is 50.0 Å². The number of aliphatic hydroxyl groups is 1. The number of hydrogen-bond donors (Lipinski definition) is 1. The van der Waals surface area contributed by atoms with Crippen LogP contribution in [0.15, 0.2) is 0 Å². The molecule has 1 N–H and O–H groups in total. The van der Waals surface area contributed by atoms with Crippen LogP contribution in [0.2, 0.25) is 0 Å². The first-order valence-corrected chi connectivity index (χ1v) is 7.06. The number of likely N-dealkylation sites (N-methyl/N-ethyl adjacent to an activating group) is 1. The topological polar surface area (TPSA) is 54.2 Å². The molecule has 1 fully saturated rings. The number of aromatic nitrogens is 3. The van der Waals surface area contributed by atoms with Gasteiger partial charge in [-0.2, -0.15) is 0 Å². The van der Waals surface area contributed by atoms with Crippen LogP contribution in [0.25, 0.3) is 0 Å². The van der Waals surface area contributed by atoms with Gasteiger partial charge in [-0.3, -0.25) is 4.57 Å². The SMILES string of the molecule is CN1CCCCC1Cc1nnc2n1C(O)CCC2. The van der Waals surface area contributed by atoms with E-state index in [1.165, 1.54) is 25.8 Å². The minimum Gasteiger partial charge on any atom is -0.373 e. The Morgan fingerprint density at radius 2 is 2.11 bits per heavy atom. The highest BCUT2D eigenvalue weighted by Crippen LogP contribution is 2.25. The van der Waals surface area contributed by atoms with Gasteiger partial charge in [0.25, 0.3) is 0 Å². The Labute approximate surface area is 108 Å². The summed E-state index contributed by atoms with van der Waals surface area (Å²) in [6.45, 7) is 1.17. The van der Waals surface area contributed by atoms with Crippen molar-refractivity contribution in [3.05, 3.63) is 11.6 Å². The smallest absolute Gasteiger partial charge is 0.136 e. The van der Waals surface area contributed by atoms with Gasteiger partial charge in [-0.05, 0) is 39.3 Å². The molecule has 0 radical (unpaired) electrons. The van der Waals surface area contributed by atoms with Crippen molar-refractivity contribution in [3.63, 3.8) is 0 Å². The number of hydrogen-bond acceptors (Lipinski definition) is 4. The maximum atomic E-state index is 10.1. The number of piperidine rings is 1. The summed E-state index contributed by atoms with van der Waals surface area (Å²) in [5.74, 6) is 1.93. The quantitative estimate of drug-likeness (QED) is 0.855. The summed E-state index contributed by atoms with van der Waals surface area (Å²) in [7, 11) is 2.19. The van der Waals surface area contributed by atoms with Crippen molar-refractivity contribution in [2.75, 3.05) is 13.6 Å². The van der Waals surface area contributed by atoms with Gasteiger partial charge < -0.3 is 10.0 Å². The minimum absolute atomic E-state index is 0.410.